The van der Waals surface area contributed by atoms with Crippen LogP contribution in [0.4, 0.5) is 4.39 Å². The number of carbonyl (C=O) groups is 1. The molecule has 0 saturated heterocycles. The molecule has 1 amide bonds. The van der Waals surface area contributed by atoms with E-state index in [0.717, 1.165) is 10.2 Å². The van der Waals surface area contributed by atoms with Gasteiger partial charge >= 0.3 is 0 Å². The molecule has 0 aliphatic rings. The lowest BCUT2D eigenvalue weighted by molar-refractivity contribution is -0.116. The van der Waals surface area contributed by atoms with Gasteiger partial charge in [-0.3, -0.25) is 15.0 Å². The lowest BCUT2D eigenvalue weighted by Crippen LogP contribution is -2.37. The number of aromatic nitrogens is 2. The summed E-state index contributed by atoms with van der Waals surface area (Å²) in [5.41, 5.74) is 3.09. The first-order valence-corrected chi connectivity index (χ1v) is 7.62. The van der Waals surface area contributed by atoms with E-state index in [0.29, 0.717) is 0 Å². The van der Waals surface area contributed by atoms with Crippen molar-refractivity contribution in [3.63, 3.8) is 0 Å². The number of hydrogen-bond donors (Lipinski definition) is 1. The second kappa shape index (κ2) is 7.23. The molecule has 0 bridgehead atoms. The van der Waals surface area contributed by atoms with Crippen molar-refractivity contribution in [2.75, 3.05) is 12.5 Å². The Morgan fingerprint density at radius 2 is 2.00 bits per heavy atom. The summed E-state index contributed by atoms with van der Waals surface area (Å²) in [6.07, 6.45) is 0.112. The zero-order chi connectivity index (χ0) is 17.8. The molecule has 3 aromatic rings. The SMILES string of the molecule is COCc1nc2cc(F)ccc2c(=O)n1NC(=O)Cc1ccccc1. The van der Waals surface area contributed by atoms with Crippen LogP contribution in [0.3, 0.4) is 0 Å². The quantitative estimate of drug-likeness (QED) is 0.770. The maximum atomic E-state index is 13.4. The van der Waals surface area contributed by atoms with Crippen LogP contribution in [0.5, 0.6) is 0 Å². The highest BCUT2D eigenvalue weighted by Gasteiger charge is 2.14. The van der Waals surface area contributed by atoms with Crippen LogP contribution < -0.4 is 11.0 Å². The van der Waals surface area contributed by atoms with Crippen molar-refractivity contribution in [1.29, 1.82) is 0 Å². The third-order valence-corrected chi connectivity index (χ3v) is 3.62. The van der Waals surface area contributed by atoms with Crippen molar-refractivity contribution in [3.8, 4) is 0 Å². The summed E-state index contributed by atoms with van der Waals surface area (Å²) in [5, 5.41) is 0.210. The third kappa shape index (κ3) is 3.72. The van der Waals surface area contributed by atoms with E-state index in [1.807, 2.05) is 30.3 Å². The Kier molecular flexibility index (Phi) is 4.85. The van der Waals surface area contributed by atoms with Gasteiger partial charge in [0.05, 0.1) is 17.3 Å². The second-order valence-corrected chi connectivity index (χ2v) is 5.46. The van der Waals surface area contributed by atoms with Crippen molar-refractivity contribution in [2.45, 2.75) is 13.0 Å². The third-order valence-electron chi connectivity index (χ3n) is 3.62. The topological polar surface area (TPSA) is 73.2 Å². The molecule has 0 atom stereocenters. The molecule has 6 nitrogen and oxygen atoms in total. The number of benzene rings is 2. The first kappa shape index (κ1) is 16.8. The van der Waals surface area contributed by atoms with Gasteiger partial charge in [-0.25, -0.2) is 9.37 Å². The van der Waals surface area contributed by atoms with Gasteiger partial charge in [0.1, 0.15) is 12.4 Å². The largest absolute Gasteiger partial charge is 0.377 e. The lowest BCUT2D eigenvalue weighted by Gasteiger charge is -2.14. The summed E-state index contributed by atoms with van der Waals surface area (Å²) in [5.74, 6) is -0.672. The van der Waals surface area contributed by atoms with Crippen molar-refractivity contribution in [1.82, 2.24) is 9.66 Å². The smallest absolute Gasteiger partial charge is 0.280 e. The Hall–Kier alpha value is -3.06. The fourth-order valence-corrected chi connectivity index (χ4v) is 2.49. The van der Waals surface area contributed by atoms with Crippen LogP contribution >= 0.6 is 0 Å². The monoisotopic (exact) mass is 341 g/mol. The Morgan fingerprint density at radius 1 is 1.24 bits per heavy atom. The molecule has 0 saturated carbocycles. The average molecular weight is 341 g/mol. The summed E-state index contributed by atoms with van der Waals surface area (Å²) in [7, 11) is 1.44. The molecular weight excluding hydrogens is 325 g/mol. The van der Waals surface area contributed by atoms with E-state index in [9.17, 15) is 14.0 Å². The van der Waals surface area contributed by atoms with Gasteiger partial charge in [0.2, 0.25) is 5.91 Å². The summed E-state index contributed by atoms with van der Waals surface area (Å²) >= 11 is 0. The maximum absolute atomic E-state index is 13.4. The predicted molar refractivity (Wildman–Crippen MR) is 91.2 cm³/mol. The van der Waals surface area contributed by atoms with Crippen LogP contribution in [0, 0.1) is 5.82 Å². The van der Waals surface area contributed by atoms with Gasteiger partial charge in [0.15, 0.2) is 5.82 Å². The highest BCUT2D eigenvalue weighted by molar-refractivity contribution is 5.86. The van der Waals surface area contributed by atoms with Gasteiger partial charge < -0.3 is 4.74 Å². The minimum absolute atomic E-state index is 0.00664. The highest BCUT2D eigenvalue weighted by Crippen LogP contribution is 2.11. The van der Waals surface area contributed by atoms with Crippen molar-refractivity contribution < 1.29 is 13.9 Å². The molecule has 1 heterocycles. The number of methoxy groups -OCH3 is 1. The first-order chi connectivity index (χ1) is 12.1. The number of nitrogens with zero attached hydrogens (tertiary/aromatic N) is 2. The van der Waals surface area contributed by atoms with Crippen LogP contribution in [0.25, 0.3) is 10.9 Å². The molecule has 0 radical (unpaired) electrons. The second-order valence-electron chi connectivity index (χ2n) is 5.46. The van der Waals surface area contributed by atoms with E-state index >= 15 is 0 Å². The van der Waals surface area contributed by atoms with Crippen molar-refractivity contribution in [2.24, 2.45) is 0 Å². The van der Waals surface area contributed by atoms with Crippen LogP contribution in [0.2, 0.25) is 0 Å². The summed E-state index contributed by atoms with van der Waals surface area (Å²) in [6.45, 7) is -0.00664. The number of ether oxygens (including phenoxy) is 1. The van der Waals surface area contributed by atoms with Gasteiger partial charge in [0.25, 0.3) is 5.56 Å². The van der Waals surface area contributed by atoms with Gasteiger partial charge in [-0.2, -0.15) is 4.68 Å². The van der Waals surface area contributed by atoms with E-state index in [2.05, 4.69) is 10.4 Å². The van der Waals surface area contributed by atoms with E-state index in [4.69, 9.17) is 4.74 Å². The van der Waals surface area contributed by atoms with Crippen LogP contribution in [0.1, 0.15) is 11.4 Å². The summed E-state index contributed by atoms with van der Waals surface area (Å²) < 4.78 is 19.5. The molecule has 3 rings (SSSR count). The van der Waals surface area contributed by atoms with E-state index in [1.54, 1.807) is 0 Å². The molecule has 0 aliphatic carbocycles. The lowest BCUT2D eigenvalue weighted by atomic mass is 10.1. The van der Waals surface area contributed by atoms with Gasteiger partial charge in [-0.05, 0) is 17.7 Å². The van der Waals surface area contributed by atoms with Gasteiger partial charge in [-0.1, -0.05) is 30.3 Å². The summed E-state index contributed by atoms with van der Waals surface area (Å²) in [6, 6.07) is 12.9. The van der Waals surface area contributed by atoms with Crippen molar-refractivity contribution in [3.05, 3.63) is 76.1 Å². The molecule has 1 N–H and O–H groups in total. The van der Waals surface area contributed by atoms with E-state index < -0.39 is 11.4 Å². The fraction of sp³-hybridized carbons (Fsp3) is 0.167. The molecule has 0 aliphatic heterocycles. The molecular formula is C18H16FN3O3. The Balaban J connectivity index is 1.97. The van der Waals surface area contributed by atoms with Gasteiger partial charge in [-0.15, -0.1) is 0 Å². The number of hydrogen-bond acceptors (Lipinski definition) is 4. The number of halogens is 1. The highest BCUT2D eigenvalue weighted by atomic mass is 19.1. The molecule has 1 aromatic heterocycles. The average Bonchev–Trinajstić information content (AvgIpc) is 2.59. The Morgan fingerprint density at radius 3 is 2.72 bits per heavy atom. The molecule has 0 unspecified atom stereocenters. The fourth-order valence-electron chi connectivity index (χ4n) is 2.49. The zero-order valence-corrected chi connectivity index (χ0v) is 13.5. The zero-order valence-electron chi connectivity index (χ0n) is 13.5. The molecule has 2 aromatic carbocycles. The summed E-state index contributed by atoms with van der Waals surface area (Å²) in [4.78, 5) is 29.2. The molecule has 25 heavy (non-hydrogen) atoms. The number of carbonyl (C=O) groups excluding carboxylic acids is 1. The number of fused-ring (bicyclic) bond motifs is 1. The molecule has 128 valence electrons. The van der Waals surface area contributed by atoms with E-state index in [1.165, 1.54) is 25.3 Å². The minimum Gasteiger partial charge on any atom is -0.377 e. The molecule has 7 heteroatoms. The normalized spacial score (nSPS) is 10.8. The minimum atomic E-state index is -0.492. The maximum Gasteiger partial charge on any atom is 0.280 e. The predicted octanol–water partition coefficient (Wildman–Crippen LogP) is 1.99. The van der Waals surface area contributed by atoms with Crippen LogP contribution in [-0.2, 0) is 22.6 Å². The number of rotatable bonds is 5. The van der Waals surface area contributed by atoms with Crippen LogP contribution in [-0.4, -0.2) is 22.7 Å². The molecule has 0 fully saturated rings. The number of amides is 1. The molecule has 0 spiro atoms. The van der Waals surface area contributed by atoms with Crippen molar-refractivity contribution >= 4 is 16.8 Å². The van der Waals surface area contributed by atoms with Crippen LogP contribution in [0.15, 0.2) is 53.3 Å². The standard InChI is InChI=1S/C18H16FN3O3/c1-25-11-16-20-15-10-13(19)7-8-14(15)18(24)22(16)21-17(23)9-12-5-3-2-4-6-12/h2-8,10H,9,11H2,1H3,(H,21,23). The Bertz CT molecular complexity index is 970. The first-order valence-electron chi connectivity index (χ1n) is 7.62. The Labute approximate surface area is 142 Å². The van der Waals surface area contributed by atoms with Gasteiger partial charge in [0, 0.05) is 13.2 Å². The number of nitrogens with one attached hydrogen (secondary N) is 1. The van der Waals surface area contributed by atoms with E-state index in [-0.39, 0.29) is 35.7 Å².